The van der Waals surface area contributed by atoms with Gasteiger partial charge in [-0.15, -0.1) is 11.3 Å². The minimum absolute atomic E-state index is 0.135. The van der Waals surface area contributed by atoms with Crippen molar-refractivity contribution in [1.29, 1.82) is 0 Å². The first-order chi connectivity index (χ1) is 11.5. The summed E-state index contributed by atoms with van der Waals surface area (Å²) in [6.45, 7) is 1.82. The van der Waals surface area contributed by atoms with Crippen LogP contribution in [-0.4, -0.2) is 19.3 Å². The molecule has 1 N–H and O–H groups in total. The van der Waals surface area contributed by atoms with Crippen LogP contribution >= 0.6 is 11.3 Å². The molecule has 3 aromatic rings. The number of thiophene rings is 1. The summed E-state index contributed by atoms with van der Waals surface area (Å²) in [4.78, 5) is 17.0. The van der Waals surface area contributed by atoms with Crippen LogP contribution in [-0.2, 0) is 9.84 Å². The van der Waals surface area contributed by atoms with E-state index in [0.717, 1.165) is 17.0 Å². The molecule has 0 aliphatic heterocycles. The van der Waals surface area contributed by atoms with Crippen LogP contribution in [0.1, 0.15) is 15.4 Å². The number of pyridine rings is 1. The van der Waals surface area contributed by atoms with Gasteiger partial charge in [-0.2, -0.15) is 0 Å². The number of hydrogen-bond acceptors (Lipinski definition) is 5. The van der Waals surface area contributed by atoms with E-state index in [1.165, 1.54) is 24.3 Å². The number of nitrogens with one attached hydrogen (secondary N) is 1. The quantitative estimate of drug-likeness (QED) is 0.774. The first-order valence-electron chi connectivity index (χ1n) is 7.12. The zero-order valence-corrected chi connectivity index (χ0v) is 14.4. The zero-order valence-electron chi connectivity index (χ0n) is 12.8. The fourth-order valence-electron chi connectivity index (χ4n) is 2.09. The average Bonchev–Trinajstić information content (AvgIpc) is 3.07. The molecule has 0 aliphatic carbocycles. The third kappa shape index (κ3) is 3.37. The number of nitrogens with zero attached hydrogens (tertiary/aromatic N) is 1. The van der Waals surface area contributed by atoms with E-state index >= 15 is 0 Å². The Labute approximate surface area is 143 Å². The molecule has 0 aliphatic rings. The van der Waals surface area contributed by atoms with Gasteiger partial charge in [0, 0.05) is 5.69 Å². The Hall–Kier alpha value is -2.51. The molecule has 3 rings (SSSR count). The number of anilines is 1. The summed E-state index contributed by atoms with van der Waals surface area (Å²) < 4.78 is 25.2. The van der Waals surface area contributed by atoms with Crippen LogP contribution in [0.4, 0.5) is 5.82 Å². The van der Waals surface area contributed by atoms with E-state index in [0.29, 0.717) is 10.7 Å². The van der Waals surface area contributed by atoms with Gasteiger partial charge < -0.3 is 5.32 Å². The number of aryl methyl sites for hydroxylation is 1. The summed E-state index contributed by atoms with van der Waals surface area (Å²) in [5, 5.41) is 2.67. The molecule has 24 heavy (non-hydrogen) atoms. The molecule has 5 nitrogen and oxygen atoms in total. The van der Waals surface area contributed by atoms with Crippen molar-refractivity contribution < 1.29 is 13.2 Å². The number of carbonyl (C=O) groups is 1. The van der Waals surface area contributed by atoms with Gasteiger partial charge in [0.1, 0.15) is 10.0 Å². The molecule has 2 heterocycles. The van der Waals surface area contributed by atoms with Crippen molar-refractivity contribution in [2.24, 2.45) is 0 Å². The van der Waals surface area contributed by atoms with Crippen LogP contribution in [0.5, 0.6) is 0 Å². The Kier molecular flexibility index (Phi) is 4.46. The Balaban J connectivity index is 1.84. The third-order valence-corrected chi connectivity index (χ3v) is 6.60. The van der Waals surface area contributed by atoms with Crippen molar-refractivity contribution in [3.8, 4) is 0 Å². The maximum atomic E-state index is 12.5. The van der Waals surface area contributed by atoms with Gasteiger partial charge in [0.25, 0.3) is 5.91 Å². The molecule has 0 spiro atoms. The number of benzene rings is 1. The van der Waals surface area contributed by atoms with E-state index in [1.54, 1.807) is 30.3 Å². The average molecular weight is 358 g/mol. The maximum absolute atomic E-state index is 12.5. The lowest BCUT2D eigenvalue weighted by atomic mass is 10.3. The Bertz CT molecular complexity index is 980. The van der Waals surface area contributed by atoms with E-state index in [-0.39, 0.29) is 15.0 Å². The van der Waals surface area contributed by atoms with Gasteiger partial charge in [0.05, 0.1) is 9.77 Å². The SMILES string of the molecule is Cc1cccc(NC(=O)c2ccc(S(=O)(=O)c3ccccc3)s2)n1. The second-order valence-electron chi connectivity index (χ2n) is 5.05. The number of hydrogen-bond donors (Lipinski definition) is 1. The molecule has 0 unspecified atom stereocenters. The standard InChI is InChI=1S/C17H14N2O3S2/c1-12-6-5-9-15(18-12)19-17(20)14-10-11-16(23-14)24(21,22)13-7-3-2-4-8-13/h2-11H,1H3,(H,18,19,20). The van der Waals surface area contributed by atoms with Gasteiger partial charge in [0.15, 0.2) is 0 Å². The normalized spacial score (nSPS) is 11.2. The molecule has 0 saturated carbocycles. The number of amides is 1. The van der Waals surface area contributed by atoms with Crippen LogP contribution in [0.3, 0.4) is 0 Å². The smallest absolute Gasteiger partial charge is 0.266 e. The van der Waals surface area contributed by atoms with Crippen molar-refractivity contribution in [2.75, 3.05) is 5.32 Å². The molecule has 0 fully saturated rings. The van der Waals surface area contributed by atoms with Crippen molar-refractivity contribution in [1.82, 2.24) is 4.98 Å². The fourth-order valence-corrected chi connectivity index (χ4v) is 4.72. The Morgan fingerprint density at radius 1 is 1.00 bits per heavy atom. The van der Waals surface area contributed by atoms with Gasteiger partial charge in [-0.3, -0.25) is 4.79 Å². The minimum Gasteiger partial charge on any atom is -0.306 e. The number of aromatic nitrogens is 1. The van der Waals surface area contributed by atoms with Gasteiger partial charge in [-0.05, 0) is 43.3 Å². The van der Waals surface area contributed by atoms with Crippen LogP contribution in [0.15, 0.2) is 69.8 Å². The van der Waals surface area contributed by atoms with Crippen LogP contribution < -0.4 is 5.32 Å². The highest BCUT2D eigenvalue weighted by Crippen LogP contribution is 2.28. The summed E-state index contributed by atoms with van der Waals surface area (Å²) >= 11 is 0.938. The van der Waals surface area contributed by atoms with E-state index in [1.807, 2.05) is 13.0 Å². The summed E-state index contributed by atoms with van der Waals surface area (Å²) in [6, 6.07) is 16.4. The van der Waals surface area contributed by atoms with Crippen molar-refractivity contribution in [2.45, 2.75) is 16.0 Å². The molecular weight excluding hydrogens is 344 g/mol. The van der Waals surface area contributed by atoms with Crippen molar-refractivity contribution >= 4 is 32.9 Å². The van der Waals surface area contributed by atoms with Gasteiger partial charge in [-0.1, -0.05) is 24.3 Å². The van der Waals surface area contributed by atoms with Gasteiger partial charge in [0.2, 0.25) is 9.84 Å². The molecular formula is C17H14N2O3S2. The Morgan fingerprint density at radius 3 is 2.46 bits per heavy atom. The predicted octanol–water partition coefficient (Wildman–Crippen LogP) is 3.54. The van der Waals surface area contributed by atoms with Gasteiger partial charge in [-0.25, -0.2) is 13.4 Å². The molecule has 0 saturated heterocycles. The zero-order chi connectivity index (χ0) is 17.2. The van der Waals surface area contributed by atoms with Crippen LogP contribution in [0.2, 0.25) is 0 Å². The highest BCUT2D eigenvalue weighted by molar-refractivity contribution is 7.93. The van der Waals surface area contributed by atoms with Crippen molar-refractivity contribution in [3.63, 3.8) is 0 Å². The predicted molar refractivity (Wildman–Crippen MR) is 93.1 cm³/mol. The molecule has 0 radical (unpaired) electrons. The summed E-state index contributed by atoms with van der Waals surface area (Å²) in [6.07, 6.45) is 0. The highest BCUT2D eigenvalue weighted by atomic mass is 32.2. The molecule has 1 aromatic carbocycles. The first kappa shape index (κ1) is 16.4. The minimum atomic E-state index is -3.61. The Morgan fingerprint density at radius 2 is 1.75 bits per heavy atom. The number of carbonyl (C=O) groups excluding carboxylic acids is 1. The summed E-state index contributed by atoms with van der Waals surface area (Å²) in [5.41, 5.74) is 0.784. The molecule has 122 valence electrons. The molecule has 0 atom stereocenters. The lowest BCUT2D eigenvalue weighted by Gasteiger charge is -2.03. The van der Waals surface area contributed by atoms with Crippen LogP contribution in [0.25, 0.3) is 0 Å². The van der Waals surface area contributed by atoms with E-state index < -0.39 is 9.84 Å². The second kappa shape index (κ2) is 6.54. The molecule has 2 aromatic heterocycles. The third-order valence-electron chi connectivity index (χ3n) is 3.25. The number of rotatable bonds is 4. The van der Waals surface area contributed by atoms with E-state index in [9.17, 15) is 13.2 Å². The lowest BCUT2D eigenvalue weighted by Crippen LogP contribution is -2.11. The van der Waals surface area contributed by atoms with Gasteiger partial charge >= 0.3 is 0 Å². The lowest BCUT2D eigenvalue weighted by molar-refractivity contribution is 0.103. The summed E-state index contributed by atoms with van der Waals surface area (Å²) in [5.74, 6) is 0.0495. The second-order valence-corrected chi connectivity index (χ2v) is 8.31. The first-order valence-corrected chi connectivity index (χ1v) is 9.42. The van der Waals surface area contributed by atoms with E-state index in [4.69, 9.17) is 0 Å². The topological polar surface area (TPSA) is 76.1 Å². The largest absolute Gasteiger partial charge is 0.306 e. The van der Waals surface area contributed by atoms with Crippen LogP contribution in [0, 0.1) is 6.92 Å². The van der Waals surface area contributed by atoms with Crippen molar-refractivity contribution in [3.05, 3.63) is 71.2 Å². The van der Waals surface area contributed by atoms with E-state index in [2.05, 4.69) is 10.3 Å². The maximum Gasteiger partial charge on any atom is 0.266 e. The molecule has 1 amide bonds. The number of sulfone groups is 1. The summed E-state index contributed by atoms with van der Waals surface area (Å²) in [7, 11) is -3.61. The monoisotopic (exact) mass is 358 g/mol. The molecule has 7 heteroatoms. The fraction of sp³-hybridized carbons (Fsp3) is 0.0588. The molecule has 0 bridgehead atoms. The highest BCUT2D eigenvalue weighted by Gasteiger charge is 2.21.